The van der Waals surface area contributed by atoms with Crippen molar-refractivity contribution in [2.24, 2.45) is 4.99 Å². The summed E-state index contributed by atoms with van der Waals surface area (Å²) in [4.78, 5) is 20.4. The van der Waals surface area contributed by atoms with Crippen LogP contribution in [0, 0.1) is 0 Å². The van der Waals surface area contributed by atoms with Gasteiger partial charge in [-0.3, -0.25) is 4.79 Å². The summed E-state index contributed by atoms with van der Waals surface area (Å²) in [5.41, 5.74) is 0.503. The fourth-order valence-electron chi connectivity index (χ4n) is 3.07. The molecular formula is C20H32N3O4+. The first-order chi connectivity index (χ1) is 13.0. The van der Waals surface area contributed by atoms with E-state index in [0.29, 0.717) is 43.2 Å². The number of benzene rings is 1. The molecule has 1 aliphatic heterocycles. The minimum atomic E-state index is -0.325. The predicted octanol–water partition coefficient (Wildman–Crippen LogP) is 0.853. The molecule has 1 fully saturated rings. The summed E-state index contributed by atoms with van der Waals surface area (Å²) in [6.07, 6.45) is 2.10. The number of rotatable bonds is 7. The SMILES string of the molecule is CCOCCOC(=NC(=O)c1ccc(OC)cc1)N(C)C1CC[NH+](C)CC1. The number of aliphatic imine (C=N–C) groups is 1. The van der Waals surface area contributed by atoms with Crippen LogP contribution in [0.2, 0.25) is 0 Å². The lowest BCUT2D eigenvalue weighted by Gasteiger charge is -2.34. The number of hydrogen-bond donors (Lipinski definition) is 1. The number of methoxy groups -OCH3 is 1. The lowest BCUT2D eigenvalue weighted by Crippen LogP contribution is -3.10. The van der Waals surface area contributed by atoms with Crippen LogP contribution in [0.4, 0.5) is 0 Å². The molecule has 7 nitrogen and oxygen atoms in total. The molecule has 27 heavy (non-hydrogen) atoms. The first-order valence-corrected chi connectivity index (χ1v) is 9.56. The number of amidine groups is 1. The molecule has 1 aromatic rings. The van der Waals surface area contributed by atoms with E-state index in [1.807, 2.05) is 18.9 Å². The molecule has 150 valence electrons. The van der Waals surface area contributed by atoms with Gasteiger partial charge in [-0.25, -0.2) is 0 Å². The largest absolute Gasteiger partial charge is 0.497 e. The van der Waals surface area contributed by atoms with E-state index in [-0.39, 0.29) is 5.91 Å². The Balaban J connectivity index is 2.11. The van der Waals surface area contributed by atoms with E-state index >= 15 is 0 Å². The quantitative estimate of drug-likeness (QED) is 0.433. The molecule has 1 heterocycles. The second kappa shape index (κ2) is 10.9. The van der Waals surface area contributed by atoms with E-state index in [4.69, 9.17) is 14.2 Å². The summed E-state index contributed by atoms with van der Waals surface area (Å²) in [6, 6.07) is 7.61. The van der Waals surface area contributed by atoms with Gasteiger partial charge in [0, 0.05) is 38.1 Å². The Hall–Kier alpha value is -2.12. The molecule has 0 bridgehead atoms. The Morgan fingerprint density at radius 1 is 1.22 bits per heavy atom. The van der Waals surface area contributed by atoms with Crippen LogP contribution >= 0.6 is 0 Å². The summed E-state index contributed by atoms with van der Waals surface area (Å²) in [6.45, 7) is 5.62. The Labute approximate surface area is 161 Å². The number of likely N-dealkylation sites (tertiary alicyclic amines) is 1. The van der Waals surface area contributed by atoms with Gasteiger partial charge in [0.05, 0.1) is 33.9 Å². The minimum Gasteiger partial charge on any atom is -0.497 e. The van der Waals surface area contributed by atoms with Crippen LogP contribution in [-0.2, 0) is 9.47 Å². The lowest BCUT2D eigenvalue weighted by atomic mass is 10.0. The highest BCUT2D eigenvalue weighted by Gasteiger charge is 2.26. The van der Waals surface area contributed by atoms with Crippen LogP contribution in [0.15, 0.2) is 29.3 Å². The molecule has 1 N–H and O–H groups in total. The summed E-state index contributed by atoms with van der Waals surface area (Å²) < 4.78 is 16.3. The number of carbonyl (C=O) groups excluding carboxylic acids is 1. The van der Waals surface area contributed by atoms with Crippen LogP contribution in [0.5, 0.6) is 5.75 Å². The fourth-order valence-corrected chi connectivity index (χ4v) is 3.07. The minimum absolute atomic E-state index is 0.322. The molecule has 0 aliphatic carbocycles. The molecule has 1 amide bonds. The molecule has 0 atom stereocenters. The number of nitrogens with one attached hydrogen (secondary N) is 1. The Morgan fingerprint density at radius 3 is 2.48 bits per heavy atom. The molecule has 0 unspecified atom stereocenters. The summed E-state index contributed by atoms with van der Waals surface area (Å²) in [7, 11) is 5.75. The molecule has 0 aromatic heterocycles. The second-order valence-electron chi connectivity index (χ2n) is 6.77. The molecule has 2 rings (SSSR count). The molecule has 1 saturated heterocycles. The monoisotopic (exact) mass is 378 g/mol. The smallest absolute Gasteiger partial charge is 0.295 e. The van der Waals surface area contributed by atoms with Gasteiger partial charge in [-0.05, 0) is 31.2 Å². The van der Waals surface area contributed by atoms with Gasteiger partial charge >= 0.3 is 0 Å². The first kappa shape index (κ1) is 21.2. The van der Waals surface area contributed by atoms with Crippen molar-refractivity contribution < 1.29 is 23.9 Å². The predicted molar refractivity (Wildman–Crippen MR) is 105 cm³/mol. The van der Waals surface area contributed by atoms with Crippen molar-refractivity contribution in [3.8, 4) is 5.75 Å². The number of carbonyl (C=O) groups is 1. The zero-order chi connectivity index (χ0) is 19.6. The van der Waals surface area contributed by atoms with Crippen molar-refractivity contribution in [1.29, 1.82) is 0 Å². The summed E-state index contributed by atoms with van der Waals surface area (Å²) in [5.74, 6) is 0.379. The van der Waals surface area contributed by atoms with Gasteiger partial charge in [0.1, 0.15) is 12.4 Å². The molecule has 7 heteroatoms. The van der Waals surface area contributed by atoms with Crippen LogP contribution in [0.25, 0.3) is 0 Å². The summed E-state index contributed by atoms with van der Waals surface area (Å²) in [5, 5.41) is 0. The van der Waals surface area contributed by atoms with E-state index in [1.54, 1.807) is 31.4 Å². The van der Waals surface area contributed by atoms with Gasteiger partial charge in [0.25, 0.3) is 11.9 Å². The van der Waals surface area contributed by atoms with Crippen LogP contribution in [0.1, 0.15) is 30.1 Å². The van der Waals surface area contributed by atoms with Crippen molar-refractivity contribution in [3.05, 3.63) is 29.8 Å². The molecule has 0 spiro atoms. The zero-order valence-corrected chi connectivity index (χ0v) is 16.9. The van der Waals surface area contributed by atoms with Crippen molar-refractivity contribution in [1.82, 2.24) is 4.90 Å². The highest BCUT2D eigenvalue weighted by Crippen LogP contribution is 2.14. The van der Waals surface area contributed by atoms with E-state index < -0.39 is 0 Å². The van der Waals surface area contributed by atoms with Crippen molar-refractivity contribution >= 4 is 11.9 Å². The Bertz CT molecular complexity index is 610. The standard InChI is InChI=1S/C20H31N3O4/c1-5-26-14-15-27-20(23(3)17-10-12-22(2)13-11-17)21-19(24)16-6-8-18(25-4)9-7-16/h6-9,17H,5,10-15H2,1-4H3/p+1. The van der Waals surface area contributed by atoms with Gasteiger partial charge < -0.3 is 24.0 Å². The number of hydrogen-bond acceptors (Lipinski definition) is 4. The van der Waals surface area contributed by atoms with Crippen molar-refractivity contribution in [2.75, 3.05) is 54.1 Å². The average molecular weight is 378 g/mol. The Morgan fingerprint density at radius 2 is 1.89 bits per heavy atom. The normalized spacial score (nSPS) is 20.2. The summed E-state index contributed by atoms with van der Waals surface area (Å²) >= 11 is 0. The molecule has 0 radical (unpaired) electrons. The third kappa shape index (κ3) is 6.52. The first-order valence-electron chi connectivity index (χ1n) is 9.56. The van der Waals surface area contributed by atoms with Gasteiger partial charge in [0.15, 0.2) is 0 Å². The van der Waals surface area contributed by atoms with Gasteiger partial charge in [-0.2, -0.15) is 4.99 Å². The highest BCUT2D eigenvalue weighted by molar-refractivity contribution is 6.01. The number of ether oxygens (including phenoxy) is 3. The van der Waals surface area contributed by atoms with Gasteiger partial charge in [-0.15, -0.1) is 0 Å². The van der Waals surface area contributed by atoms with E-state index in [1.165, 1.54) is 4.90 Å². The van der Waals surface area contributed by atoms with E-state index in [0.717, 1.165) is 25.9 Å². The van der Waals surface area contributed by atoms with E-state index in [2.05, 4.69) is 12.0 Å². The number of amides is 1. The number of piperidine rings is 1. The average Bonchev–Trinajstić information content (AvgIpc) is 2.70. The van der Waals surface area contributed by atoms with E-state index in [9.17, 15) is 4.79 Å². The topological polar surface area (TPSA) is 64.8 Å². The molecular weight excluding hydrogens is 346 g/mol. The fraction of sp³-hybridized carbons (Fsp3) is 0.600. The van der Waals surface area contributed by atoms with Gasteiger partial charge in [0.2, 0.25) is 0 Å². The second-order valence-corrected chi connectivity index (χ2v) is 6.77. The number of nitrogens with zero attached hydrogens (tertiary/aromatic N) is 2. The molecule has 1 aliphatic rings. The van der Waals surface area contributed by atoms with Crippen molar-refractivity contribution in [2.45, 2.75) is 25.8 Å². The van der Waals surface area contributed by atoms with Crippen LogP contribution < -0.4 is 9.64 Å². The lowest BCUT2D eigenvalue weighted by molar-refractivity contribution is -0.885. The maximum Gasteiger partial charge on any atom is 0.295 e. The molecule has 1 aromatic carbocycles. The van der Waals surface area contributed by atoms with Crippen molar-refractivity contribution in [3.63, 3.8) is 0 Å². The number of quaternary nitrogens is 1. The van der Waals surface area contributed by atoms with Crippen LogP contribution in [0.3, 0.4) is 0 Å². The third-order valence-corrected chi connectivity index (χ3v) is 4.86. The third-order valence-electron chi connectivity index (χ3n) is 4.86. The highest BCUT2D eigenvalue weighted by atomic mass is 16.5. The zero-order valence-electron chi connectivity index (χ0n) is 16.9. The molecule has 0 saturated carbocycles. The van der Waals surface area contributed by atoms with Gasteiger partial charge in [-0.1, -0.05) is 0 Å². The maximum atomic E-state index is 12.6. The van der Waals surface area contributed by atoms with Crippen LogP contribution in [-0.4, -0.2) is 77.0 Å². The Kier molecular flexibility index (Phi) is 8.54. The maximum absolute atomic E-state index is 12.6.